The van der Waals surface area contributed by atoms with Gasteiger partial charge in [0.1, 0.15) is 6.04 Å². The first-order chi connectivity index (χ1) is 10.4. The Balaban J connectivity index is 2.28. The highest BCUT2D eigenvalue weighted by atomic mass is 35.5. The minimum atomic E-state index is -0.911. The van der Waals surface area contributed by atoms with Gasteiger partial charge in [-0.3, -0.25) is 14.4 Å². The quantitative estimate of drug-likeness (QED) is 0.843. The standard InChI is InChI=1S/C14H14Cl2N2O4/c1-22-12(19)7-11-13(20)17-2-3-18(11)14(21)8-4-9(15)6-10(16)5-8/h4-6,11H,2-3,7H2,1H3,(H,17,20)/t11-/m0/s1. The third-order valence-corrected chi connectivity index (χ3v) is 3.73. The number of ether oxygens (including phenoxy) is 1. The molecule has 1 N–H and O–H groups in total. The molecule has 2 amide bonds. The van der Waals surface area contributed by atoms with Gasteiger partial charge in [0.05, 0.1) is 13.5 Å². The van der Waals surface area contributed by atoms with Gasteiger partial charge in [-0.25, -0.2) is 0 Å². The molecule has 0 saturated carbocycles. The largest absolute Gasteiger partial charge is 0.469 e. The molecule has 118 valence electrons. The van der Waals surface area contributed by atoms with Crippen molar-refractivity contribution in [3.8, 4) is 0 Å². The number of piperazine rings is 1. The first-order valence-corrected chi connectivity index (χ1v) is 7.29. The van der Waals surface area contributed by atoms with Gasteiger partial charge in [-0.15, -0.1) is 0 Å². The van der Waals surface area contributed by atoms with E-state index in [0.717, 1.165) is 0 Å². The van der Waals surface area contributed by atoms with Gasteiger partial charge in [0.25, 0.3) is 5.91 Å². The minimum absolute atomic E-state index is 0.206. The molecule has 0 bridgehead atoms. The van der Waals surface area contributed by atoms with Crippen LogP contribution in [0.3, 0.4) is 0 Å². The lowest BCUT2D eigenvalue weighted by Gasteiger charge is -2.34. The highest BCUT2D eigenvalue weighted by Crippen LogP contribution is 2.22. The lowest BCUT2D eigenvalue weighted by Crippen LogP contribution is -2.57. The molecule has 1 heterocycles. The maximum absolute atomic E-state index is 12.6. The normalized spacial score (nSPS) is 17.9. The van der Waals surface area contributed by atoms with Crippen LogP contribution in [0.4, 0.5) is 0 Å². The van der Waals surface area contributed by atoms with Crippen LogP contribution in [-0.4, -0.2) is 48.9 Å². The summed E-state index contributed by atoms with van der Waals surface area (Å²) in [6.45, 7) is 0.604. The smallest absolute Gasteiger partial charge is 0.308 e. The van der Waals surface area contributed by atoms with Crippen molar-refractivity contribution in [1.29, 1.82) is 0 Å². The van der Waals surface area contributed by atoms with Crippen LogP contribution >= 0.6 is 23.2 Å². The van der Waals surface area contributed by atoms with E-state index in [9.17, 15) is 14.4 Å². The molecule has 0 unspecified atom stereocenters. The zero-order chi connectivity index (χ0) is 16.3. The fourth-order valence-corrected chi connectivity index (χ4v) is 2.77. The highest BCUT2D eigenvalue weighted by Gasteiger charge is 2.35. The van der Waals surface area contributed by atoms with Gasteiger partial charge in [-0.1, -0.05) is 23.2 Å². The molecule has 1 fully saturated rings. The summed E-state index contributed by atoms with van der Waals surface area (Å²) < 4.78 is 4.57. The zero-order valence-corrected chi connectivity index (χ0v) is 13.3. The Labute approximate surface area is 137 Å². The number of esters is 1. The predicted molar refractivity (Wildman–Crippen MR) is 80.9 cm³/mol. The summed E-state index contributed by atoms with van der Waals surface area (Å²) >= 11 is 11.8. The molecule has 1 aliphatic rings. The first kappa shape index (κ1) is 16.6. The number of halogens is 2. The number of carbonyl (C=O) groups is 3. The second kappa shape index (κ2) is 6.98. The van der Waals surface area contributed by atoms with Crippen molar-refractivity contribution >= 4 is 41.0 Å². The van der Waals surface area contributed by atoms with Gasteiger partial charge in [0.15, 0.2) is 0 Å². The van der Waals surface area contributed by atoms with E-state index in [-0.39, 0.29) is 18.5 Å². The Kier molecular flexibility index (Phi) is 5.26. The summed E-state index contributed by atoms with van der Waals surface area (Å²) in [4.78, 5) is 37.4. The van der Waals surface area contributed by atoms with E-state index >= 15 is 0 Å². The van der Waals surface area contributed by atoms with E-state index in [1.807, 2.05) is 0 Å². The van der Waals surface area contributed by atoms with Gasteiger partial charge in [-0.2, -0.15) is 0 Å². The Morgan fingerprint density at radius 3 is 2.55 bits per heavy atom. The Morgan fingerprint density at radius 2 is 1.95 bits per heavy atom. The topological polar surface area (TPSA) is 75.7 Å². The zero-order valence-electron chi connectivity index (χ0n) is 11.8. The molecule has 1 aromatic rings. The second-order valence-electron chi connectivity index (χ2n) is 4.74. The van der Waals surface area contributed by atoms with E-state index in [2.05, 4.69) is 10.1 Å². The van der Waals surface area contributed by atoms with Crippen LogP contribution in [0.5, 0.6) is 0 Å². The number of carbonyl (C=O) groups excluding carboxylic acids is 3. The Bertz CT molecular complexity index is 601. The van der Waals surface area contributed by atoms with Gasteiger partial charge >= 0.3 is 5.97 Å². The molecule has 6 nitrogen and oxygen atoms in total. The summed E-state index contributed by atoms with van der Waals surface area (Å²) in [5, 5.41) is 3.27. The molecule has 1 atom stereocenters. The average Bonchev–Trinajstić information content (AvgIpc) is 2.47. The van der Waals surface area contributed by atoms with Crippen molar-refractivity contribution < 1.29 is 19.1 Å². The van der Waals surface area contributed by atoms with Gasteiger partial charge in [0.2, 0.25) is 5.91 Å². The number of hydrogen-bond donors (Lipinski definition) is 1. The summed E-state index contributed by atoms with van der Waals surface area (Å²) in [5.41, 5.74) is 0.266. The molecule has 0 aliphatic carbocycles. The lowest BCUT2D eigenvalue weighted by molar-refractivity contribution is -0.145. The van der Waals surface area contributed by atoms with Crippen LogP contribution < -0.4 is 5.32 Å². The SMILES string of the molecule is COC(=O)C[C@H]1C(=O)NCCN1C(=O)c1cc(Cl)cc(Cl)c1. The monoisotopic (exact) mass is 344 g/mol. The fourth-order valence-electron chi connectivity index (χ4n) is 2.25. The van der Waals surface area contributed by atoms with Crippen LogP contribution in [-0.2, 0) is 14.3 Å². The molecule has 22 heavy (non-hydrogen) atoms. The van der Waals surface area contributed by atoms with Gasteiger partial charge in [-0.05, 0) is 18.2 Å². The number of benzene rings is 1. The number of rotatable bonds is 3. The molecular weight excluding hydrogens is 331 g/mol. The molecule has 1 aliphatic heterocycles. The number of nitrogens with zero attached hydrogens (tertiary/aromatic N) is 1. The highest BCUT2D eigenvalue weighted by molar-refractivity contribution is 6.35. The fraction of sp³-hybridized carbons (Fsp3) is 0.357. The molecule has 0 spiro atoms. The van der Waals surface area contributed by atoms with Gasteiger partial charge < -0.3 is 15.0 Å². The molecule has 2 rings (SSSR count). The molecule has 1 saturated heterocycles. The summed E-state index contributed by atoms with van der Waals surface area (Å²) in [5.74, 6) is -1.37. The molecule has 1 aromatic carbocycles. The van der Waals surface area contributed by atoms with Gasteiger partial charge in [0, 0.05) is 28.7 Å². The summed E-state index contributed by atoms with van der Waals surface area (Å²) in [6, 6.07) is 3.54. The van der Waals surface area contributed by atoms with Crippen molar-refractivity contribution in [3.63, 3.8) is 0 Å². The van der Waals surface area contributed by atoms with E-state index in [0.29, 0.717) is 16.6 Å². The van der Waals surface area contributed by atoms with Crippen molar-refractivity contribution in [2.75, 3.05) is 20.2 Å². The van der Waals surface area contributed by atoms with Crippen molar-refractivity contribution in [1.82, 2.24) is 10.2 Å². The number of methoxy groups -OCH3 is 1. The maximum Gasteiger partial charge on any atom is 0.308 e. The van der Waals surface area contributed by atoms with Crippen molar-refractivity contribution in [2.24, 2.45) is 0 Å². The van der Waals surface area contributed by atoms with Crippen molar-refractivity contribution in [3.05, 3.63) is 33.8 Å². The van der Waals surface area contributed by atoms with Crippen LogP contribution in [0.1, 0.15) is 16.8 Å². The van der Waals surface area contributed by atoms with E-state index < -0.39 is 23.8 Å². The maximum atomic E-state index is 12.6. The number of amides is 2. The van der Waals surface area contributed by atoms with Crippen molar-refractivity contribution in [2.45, 2.75) is 12.5 Å². The van der Waals surface area contributed by atoms with Crippen LogP contribution in [0, 0.1) is 0 Å². The summed E-state index contributed by atoms with van der Waals surface area (Å²) in [6.07, 6.45) is -0.206. The van der Waals surface area contributed by atoms with Crippen LogP contribution in [0.25, 0.3) is 0 Å². The molecular formula is C14H14Cl2N2O4. The van der Waals surface area contributed by atoms with Crippen LogP contribution in [0.15, 0.2) is 18.2 Å². The Hall–Kier alpha value is -1.79. The molecule has 0 aromatic heterocycles. The predicted octanol–water partition coefficient (Wildman–Crippen LogP) is 1.50. The minimum Gasteiger partial charge on any atom is -0.469 e. The van der Waals surface area contributed by atoms with E-state index in [4.69, 9.17) is 23.2 Å². The number of nitrogens with one attached hydrogen (secondary N) is 1. The third-order valence-electron chi connectivity index (χ3n) is 3.29. The van der Waals surface area contributed by atoms with Crippen LogP contribution in [0.2, 0.25) is 10.0 Å². The third kappa shape index (κ3) is 3.69. The number of hydrogen-bond acceptors (Lipinski definition) is 4. The molecule has 8 heteroatoms. The average molecular weight is 345 g/mol. The Morgan fingerprint density at radius 1 is 1.32 bits per heavy atom. The first-order valence-electron chi connectivity index (χ1n) is 6.54. The molecule has 0 radical (unpaired) electrons. The summed E-state index contributed by atoms with van der Waals surface area (Å²) in [7, 11) is 1.23. The van der Waals surface area contributed by atoms with E-state index in [1.54, 1.807) is 0 Å². The second-order valence-corrected chi connectivity index (χ2v) is 5.62. The lowest BCUT2D eigenvalue weighted by atomic mass is 10.1. The van der Waals surface area contributed by atoms with E-state index in [1.165, 1.54) is 30.2 Å².